The second-order valence-electron chi connectivity index (χ2n) is 7.91. The third kappa shape index (κ3) is 6.02. The number of H-pyrrole nitrogens is 1. The number of aromatic nitrogens is 2. The molecule has 1 aromatic heterocycles. The van der Waals surface area contributed by atoms with Gasteiger partial charge in [0, 0.05) is 19.3 Å². The van der Waals surface area contributed by atoms with Gasteiger partial charge in [-0.05, 0) is 34.6 Å². The molecule has 0 bridgehead atoms. The van der Waals surface area contributed by atoms with Gasteiger partial charge in [0.15, 0.2) is 0 Å². The summed E-state index contributed by atoms with van der Waals surface area (Å²) in [7, 11) is 0. The van der Waals surface area contributed by atoms with Crippen LogP contribution < -0.4 is 16.4 Å². The van der Waals surface area contributed by atoms with Gasteiger partial charge in [-0.1, -0.05) is 62.4 Å². The Morgan fingerprint density at radius 2 is 1.90 bits per heavy atom. The van der Waals surface area contributed by atoms with Crippen molar-refractivity contribution >= 4 is 5.91 Å². The van der Waals surface area contributed by atoms with E-state index in [4.69, 9.17) is 5.73 Å². The maximum absolute atomic E-state index is 12.6. The minimum absolute atomic E-state index is 0.0123. The quantitative estimate of drug-likeness (QED) is 0.388. The van der Waals surface area contributed by atoms with Crippen molar-refractivity contribution in [1.29, 1.82) is 0 Å². The molecule has 0 aliphatic rings. The molecule has 0 spiro atoms. The van der Waals surface area contributed by atoms with Crippen molar-refractivity contribution in [1.82, 2.24) is 20.6 Å². The lowest BCUT2D eigenvalue weighted by molar-refractivity contribution is -0.122. The zero-order chi connectivity index (χ0) is 21.3. The smallest absolute Gasteiger partial charge is 0.228 e. The number of aromatic amines is 1. The van der Waals surface area contributed by atoms with E-state index in [0.717, 1.165) is 41.9 Å². The van der Waals surface area contributed by atoms with Crippen molar-refractivity contribution < 1.29 is 4.79 Å². The summed E-state index contributed by atoms with van der Waals surface area (Å²) >= 11 is 0. The van der Waals surface area contributed by atoms with E-state index in [1.54, 1.807) is 6.33 Å². The van der Waals surface area contributed by atoms with Crippen LogP contribution in [0.5, 0.6) is 0 Å². The standard InChI is InChI=1S/C24H31N5O/c1-17(2)10-23(24(30)28-15-25)21-5-3-4-20(11-21)19-8-6-18(7-9-19)12-26-13-22-14-27-16-29-22/h3-9,11,14,16-17,23,26H,10,12-13,15,25H2,1-2H3,(H,27,29)(H,28,30)/t23-/m1/s1. The normalized spacial score (nSPS) is 12.1. The van der Waals surface area contributed by atoms with E-state index < -0.39 is 0 Å². The topological polar surface area (TPSA) is 95.8 Å². The molecular weight excluding hydrogens is 374 g/mol. The lowest BCUT2D eigenvalue weighted by Crippen LogP contribution is -2.34. The van der Waals surface area contributed by atoms with Crippen molar-refractivity contribution in [3.05, 3.63) is 77.9 Å². The number of carbonyl (C=O) groups is 1. The van der Waals surface area contributed by atoms with E-state index >= 15 is 0 Å². The number of nitrogens with two attached hydrogens (primary N) is 1. The van der Waals surface area contributed by atoms with Crippen LogP contribution in [0.1, 0.15) is 43.0 Å². The van der Waals surface area contributed by atoms with Gasteiger partial charge in [0.2, 0.25) is 5.91 Å². The highest BCUT2D eigenvalue weighted by Gasteiger charge is 2.21. The molecule has 0 unspecified atom stereocenters. The predicted molar refractivity (Wildman–Crippen MR) is 120 cm³/mol. The molecule has 1 amide bonds. The zero-order valence-corrected chi connectivity index (χ0v) is 17.7. The fraction of sp³-hybridized carbons (Fsp3) is 0.333. The summed E-state index contributed by atoms with van der Waals surface area (Å²) in [6.07, 6.45) is 4.37. The summed E-state index contributed by atoms with van der Waals surface area (Å²) in [5, 5.41) is 6.16. The van der Waals surface area contributed by atoms with Crippen LogP contribution in [0, 0.1) is 5.92 Å². The van der Waals surface area contributed by atoms with Gasteiger partial charge in [-0.15, -0.1) is 0 Å². The molecule has 0 aliphatic heterocycles. The summed E-state index contributed by atoms with van der Waals surface area (Å²) in [4.78, 5) is 19.7. The molecule has 5 N–H and O–H groups in total. The van der Waals surface area contributed by atoms with Crippen LogP contribution in [0.25, 0.3) is 11.1 Å². The Morgan fingerprint density at radius 3 is 2.57 bits per heavy atom. The SMILES string of the molecule is CC(C)C[C@@H](C(=O)NCN)c1cccc(-c2ccc(CNCc3c[nH]cn3)cc2)c1. The number of hydrogen-bond acceptors (Lipinski definition) is 4. The van der Waals surface area contributed by atoms with Crippen LogP contribution in [-0.4, -0.2) is 22.5 Å². The average Bonchev–Trinajstić information content (AvgIpc) is 3.26. The summed E-state index contributed by atoms with van der Waals surface area (Å²) in [5.74, 6) is 0.205. The largest absolute Gasteiger partial charge is 0.351 e. The fourth-order valence-electron chi connectivity index (χ4n) is 3.56. The van der Waals surface area contributed by atoms with Crippen LogP contribution in [-0.2, 0) is 17.9 Å². The third-order valence-corrected chi connectivity index (χ3v) is 5.07. The van der Waals surface area contributed by atoms with Crippen molar-refractivity contribution in [2.75, 3.05) is 6.67 Å². The molecular formula is C24H31N5O. The number of amides is 1. The van der Waals surface area contributed by atoms with Gasteiger partial charge in [-0.3, -0.25) is 4.79 Å². The first kappa shape index (κ1) is 21.7. The van der Waals surface area contributed by atoms with Crippen molar-refractivity contribution in [2.45, 2.75) is 39.3 Å². The number of nitrogens with one attached hydrogen (secondary N) is 3. The molecule has 3 aromatic rings. The Morgan fingerprint density at radius 1 is 1.10 bits per heavy atom. The van der Waals surface area contributed by atoms with Crippen LogP contribution in [0.3, 0.4) is 0 Å². The lowest BCUT2D eigenvalue weighted by atomic mass is 9.88. The minimum Gasteiger partial charge on any atom is -0.351 e. The van der Waals surface area contributed by atoms with Crippen LogP contribution in [0.2, 0.25) is 0 Å². The van der Waals surface area contributed by atoms with Crippen LogP contribution >= 0.6 is 0 Å². The van der Waals surface area contributed by atoms with Crippen LogP contribution in [0.4, 0.5) is 0 Å². The van der Waals surface area contributed by atoms with E-state index in [-0.39, 0.29) is 18.5 Å². The molecule has 0 saturated heterocycles. The Labute approximate surface area is 178 Å². The molecule has 158 valence electrons. The first-order valence-corrected chi connectivity index (χ1v) is 10.4. The average molecular weight is 406 g/mol. The van der Waals surface area contributed by atoms with E-state index in [2.05, 4.69) is 70.8 Å². The van der Waals surface area contributed by atoms with E-state index in [1.165, 1.54) is 5.56 Å². The van der Waals surface area contributed by atoms with Crippen molar-refractivity contribution in [3.63, 3.8) is 0 Å². The number of nitrogens with zero attached hydrogens (tertiary/aromatic N) is 1. The molecule has 3 rings (SSSR count). The Bertz CT molecular complexity index is 919. The lowest BCUT2D eigenvalue weighted by Gasteiger charge is -2.19. The molecule has 2 aromatic carbocycles. The zero-order valence-electron chi connectivity index (χ0n) is 17.7. The van der Waals surface area contributed by atoms with Gasteiger partial charge < -0.3 is 21.4 Å². The van der Waals surface area contributed by atoms with Crippen molar-refractivity contribution in [3.8, 4) is 11.1 Å². The first-order chi connectivity index (χ1) is 14.6. The monoisotopic (exact) mass is 405 g/mol. The number of imidazole rings is 1. The molecule has 6 nitrogen and oxygen atoms in total. The maximum Gasteiger partial charge on any atom is 0.228 e. The number of benzene rings is 2. The van der Waals surface area contributed by atoms with Gasteiger partial charge in [0.25, 0.3) is 0 Å². The van der Waals surface area contributed by atoms with E-state index in [1.807, 2.05) is 18.3 Å². The minimum atomic E-state index is -0.195. The number of carbonyl (C=O) groups excluding carboxylic acids is 1. The molecule has 30 heavy (non-hydrogen) atoms. The van der Waals surface area contributed by atoms with E-state index in [9.17, 15) is 4.79 Å². The molecule has 0 aliphatic carbocycles. The molecule has 0 radical (unpaired) electrons. The Balaban J connectivity index is 1.70. The Hall–Kier alpha value is -2.96. The highest BCUT2D eigenvalue weighted by molar-refractivity contribution is 5.84. The maximum atomic E-state index is 12.6. The summed E-state index contributed by atoms with van der Waals surface area (Å²) in [5.41, 5.74) is 11.0. The molecule has 1 atom stereocenters. The second kappa shape index (κ2) is 10.7. The first-order valence-electron chi connectivity index (χ1n) is 10.4. The third-order valence-electron chi connectivity index (χ3n) is 5.07. The highest BCUT2D eigenvalue weighted by Crippen LogP contribution is 2.28. The van der Waals surface area contributed by atoms with Gasteiger partial charge in [0.05, 0.1) is 24.6 Å². The number of rotatable bonds is 10. The van der Waals surface area contributed by atoms with Gasteiger partial charge in [-0.25, -0.2) is 4.98 Å². The summed E-state index contributed by atoms with van der Waals surface area (Å²) in [6.45, 7) is 5.93. The molecule has 0 saturated carbocycles. The second-order valence-corrected chi connectivity index (χ2v) is 7.91. The van der Waals surface area contributed by atoms with Gasteiger partial charge >= 0.3 is 0 Å². The molecule has 0 fully saturated rings. The van der Waals surface area contributed by atoms with E-state index in [0.29, 0.717) is 5.92 Å². The molecule has 6 heteroatoms. The summed E-state index contributed by atoms with van der Waals surface area (Å²) in [6, 6.07) is 16.8. The highest BCUT2D eigenvalue weighted by atomic mass is 16.1. The fourth-order valence-corrected chi connectivity index (χ4v) is 3.56. The van der Waals surface area contributed by atoms with Gasteiger partial charge in [0.1, 0.15) is 0 Å². The number of hydrogen-bond donors (Lipinski definition) is 4. The Kier molecular flexibility index (Phi) is 7.76. The summed E-state index contributed by atoms with van der Waals surface area (Å²) < 4.78 is 0. The molecule has 1 heterocycles. The van der Waals surface area contributed by atoms with Crippen LogP contribution in [0.15, 0.2) is 61.1 Å². The predicted octanol–water partition coefficient (Wildman–Crippen LogP) is 3.53. The van der Waals surface area contributed by atoms with Gasteiger partial charge in [-0.2, -0.15) is 0 Å². The van der Waals surface area contributed by atoms with Crippen molar-refractivity contribution in [2.24, 2.45) is 11.7 Å².